The van der Waals surface area contributed by atoms with E-state index in [0.717, 1.165) is 5.56 Å². The van der Waals surface area contributed by atoms with Gasteiger partial charge in [-0.15, -0.1) is 0 Å². The molecule has 160 valence electrons. The molecule has 0 fully saturated rings. The first-order chi connectivity index (χ1) is 15.5. The van der Waals surface area contributed by atoms with Gasteiger partial charge in [0.25, 0.3) is 11.6 Å². The number of nitrogens with zero attached hydrogens (tertiary/aromatic N) is 2. The second-order valence-electron chi connectivity index (χ2n) is 6.87. The van der Waals surface area contributed by atoms with Gasteiger partial charge in [0.05, 0.1) is 47.7 Å². The molecule has 1 amide bonds. The number of hydrogen-bond acceptors (Lipinski definition) is 6. The van der Waals surface area contributed by atoms with Crippen molar-refractivity contribution in [3.05, 3.63) is 88.5 Å². The monoisotopic (exact) mass is 429 g/mol. The summed E-state index contributed by atoms with van der Waals surface area (Å²) in [5, 5.41) is 14.5. The van der Waals surface area contributed by atoms with Gasteiger partial charge in [0, 0.05) is 17.0 Å². The molecule has 4 aromatic rings. The molecule has 0 atom stereocenters. The van der Waals surface area contributed by atoms with Crippen molar-refractivity contribution < 1.29 is 19.2 Å². The number of pyridine rings is 1. The van der Waals surface area contributed by atoms with Crippen LogP contribution in [0, 0.1) is 10.1 Å². The molecule has 8 nitrogen and oxygen atoms in total. The molecule has 0 unspecified atom stereocenters. The minimum absolute atomic E-state index is 0.132. The van der Waals surface area contributed by atoms with E-state index in [4.69, 9.17) is 14.5 Å². The zero-order chi connectivity index (χ0) is 22.7. The molecule has 32 heavy (non-hydrogen) atoms. The van der Waals surface area contributed by atoms with E-state index in [2.05, 4.69) is 5.32 Å². The fourth-order valence-corrected chi connectivity index (χ4v) is 3.44. The lowest BCUT2D eigenvalue weighted by Gasteiger charge is -2.14. The van der Waals surface area contributed by atoms with Gasteiger partial charge in [-0.25, -0.2) is 4.98 Å². The molecule has 8 heteroatoms. The summed E-state index contributed by atoms with van der Waals surface area (Å²) in [6.45, 7) is 0. The predicted octanol–water partition coefficient (Wildman–Crippen LogP) is 5.08. The van der Waals surface area contributed by atoms with Crippen molar-refractivity contribution in [2.75, 3.05) is 19.5 Å². The number of carbonyl (C=O) groups excluding carboxylic acids is 1. The number of rotatable bonds is 6. The van der Waals surface area contributed by atoms with Crippen LogP contribution in [0.1, 0.15) is 10.4 Å². The topological polar surface area (TPSA) is 104 Å². The number of nitro groups is 1. The number of aromatic nitrogens is 1. The fraction of sp³-hybridized carbons (Fsp3) is 0.0833. The standard InChI is InChI=1S/C24H19N3O5/c1-31-22-10-6-4-8-17(22)21-14-18(16-7-3-5-9-19(16)25-21)24(28)26-20-12-11-15(27(29)30)13-23(20)32-2/h3-14H,1-2H3,(H,26,28). The Labute approximate surface area is 183 Å². The van der Waals surface area contributed by atoms with Crippen molar-refractivity contribution in [2.24, 2.45) is 0 Å². The Hall–Kier alpha value is -4.46. The third-order valence-corrected chi connectivity index (χ3v) is 4.99. The normalized spacial score (nSPS) is 10.6. The largest absolute Gasteiger partial charge is 0.496 e. The Morgan fingerprint density at radius 3 is 2.41 bits per heavy atom. The lowest BCUT2D eigenvalue weighted by Crippen LogP contribution is -2.14. The summed E-state index contributed by atoms with van der Waals surface area (Å²) in [6, 6.07) is 20.5. The summed E-state index contributed by atoms with van der Waals surface area (Å²) in [6.07, 6.45) is 0. The number of nitro benzene ring substituents is 1. The number of methoxy groups -OCH3 is 2. The molecule has 1 aromatic heterocycles. The van der Waals surface area contributed by atoms with Crippen LogP contribution in [0.5, 0.6) is 11.5 Å². The molecule has 0 saturated heterocycles. The third kappa shape index (κ3) is 3.93. The predicted molar refractivity (Wildman–Crippen MR) is 121 cm³/mol. The number of ether oxygens (including phenoxy) is 2. The van der Waals surface area contributed by atoms with E-state index in [1.807, 2.05) is 48.5 Å². The van der Waals surface area contributed by atoms with E-state index in [1.165, 1.54) is 25.3 Å². The summed E-state index contributed by atoms with van der Waals surface area (Å²) in [7, 11) is 2.96. The summed E-state index contributed by atoms with van der Waals surface area (Å²) < 4.78 is 10.7. The number of hydrogen-bond donors (Lipinski definition) is 1. The van der Waals surface area contributed by atoms with Crippen LogP contribution in [0.3, 0.4) is 0 Å². The molecule has 4 rings (SSSR count). The van der Waals surface area contributed by atoms with Crippen LogP contribution in [0.4, 0.5) is 11.4 Å². The zero-order valence-electron chi connectivity index (χ0n) is 17.4. The zero-order valence-corrected chi connectivity index (χ0v) is 17.4. The van der Waals surface area contributed by atoms with Gasteiger partial charge >= 0.3 is 0 Å². The van der Waals surface area contributed by atoms with E-state index in [0.29, 0.717) is 33.6 Å². The highest BCUT2D eigenvalue weighted by molar-refractivity contribution is 6.13. The van der Waals surface area contributed by atoms with Gasteiger partial charge in [-0.05, 0) is 30.3 Å². The summed E-state index contributed by atoms with van der Waals surface area (Å²) in [5.41, 5.74) is 2.58. The SMILES string of the molecule is COc1cc([N+](=O)[O-])ccc1NC(=O)c1cc(-c2ccccc2OC)nc2ccccc12. The number of amides is 1. The molecule has 0 bridgehead atoms. The lowest BCUT2D eigenvalue weighted by atomic mass is 10.0. The van der Waals surface area contributed by atoms with E-state index < -0.39 is 10.8 Å². The van der Waals surface area contributed by atoms with Gasteiger partial charge in [-0.2, -0.15) is 0 Å². The maximum Gasteiger partial charge on any atom is 0.273 e. The van der Waals surface area contributed by atoms with Gasteiger partial charge in [0.1, 0.15) is 11.5 Å². The second kappa shape index (κ2) is 8.73. The number of anilines is 1. The van der Waals surface area contributed by atoms with Crippen molar-refractivity contribution in [1.29, 1.82) is 0 Å². The van der Waals surface area contributed by atoms with E-state index in [-0.39, 0.29) is 11.4 Å². The molecular formula is C24H19N3O5. The molecule has 0 aliphatic carbocycles. The van der Waals surface area contributed by atoms with Crippen molar-refractivity contribution >= 4 is 28.2 Å². The number of carbonyl (C=O) groups is 1. The average Bonchev–Trinajstić information content (AvgIpc) is 2.83. The quantitative estimate of drug-likeness (QED) is 0.339. The molecule has 0 radical (unpaired) electrons. The third-order valence-electron chi connectivity index (χ3n) is 4.99. The first kappa shape index (κ1) is 20.8. The van der Waals surface area contributed by atoms with Crippen molar-refractivity contribution in [3.63, 3.8) is 0 Å². The smallest absolute Gasteiger partial charge is 0.273 e. The van der Waals surface area contributed by atoms with Gasteiger partial charge in [-0.3, -0.25) is 14.9 Å². The molecule has 3 aromatic carbocycles. The summed E-state index contributed by atoms with van der Waals surface area (Å²) in [4.78, 5) is 28.5. The minimum atomic E-state index is -0.524. The highest BCUT2D eigenvalue weighted by Crippen LogP contribution is 2.33. The van der Waals surface area contributed by atoms with Crippen molar-refractivity contribution in [2.45, 2.75) is 0 Å². The van der Waals surface area contributed by atoms with Crippen LogP contribution in [0.15, 0.2) is 72.8 Å². The Morgan fingerprint density at radius 1 is 0.938 bits per heavy atom. The minimum Gasteiger partial charge on any atom is -0.496 e. The highest BCUT2D eigenvalue weighted by Gasteiger charge is 2.18. The number of non-ortho nitro benzene ring substituents is 1. The molecule has 1 heterocycles. The van der Waals surface area contributed by atoms with Gasteiger partial charge in [0.15, 0.2) is 0 Å². The average molecular weight is 429 g/mol. The maximum absolute atomic E-state index is 13.3. The van der Waals surface area contributed by atoms with E-state index in [1.54, 1.807) is 13.2 Å². The molecular weight excluding hydrogens is 410 g/mol. The van der Waals surface area contributed by atoms with Gasteiger partial charge in [0.2, 0.25) is 0 Å². The lowest BCUT2D eigenvalue weighted by molar-refractivity contribution is -0.384. The van der Waals surface area contributed by atoms with Crippen LogP contribution in [0.25, 0.3) is 22.2 Å². The van der Waals surface area contributed by atoms with Crippen molar-refractivity contribution in [3.8, 4) is 22.8 Å². The Balaban J connectivity index is 1.80. The number of benzene rings is 3. The molecule has 0 saturated carbocycles. The van der Waals surface area contributed by atoms with Gasteiger partial charge < -0.3 is 14.8 Å². The molecule has 1 N–H and O–H groups in total. The fourth-order valence-electron chi connectivity index (χ4n) is 3.44. The Bertz CT molecular complexity index is 1340. The second-order valence-corrected chi connectivity index (χ2v) is 6.87. The maximum atomic E-state index is 13.3. The molecule has 0 aliphatic rings. The van der Waals surface area contributed by atoms with Crippen LogP contribution >= 0.6 is 0 Å². The summed E-state index contributed by atoms with van der Waals surface area (Å²) >= 11 is 0. The van der Waals surface area contributed by atoms with Crippen LogP contribution in [-0.2, 0) is 0 Å². The van der Waals surface area contributed by atoms with Gasteiger partial charge in [-0.1, -0.05) is 30.3 Å². The van der Waals surface area contributed by atoms with Crippen LogP contribution in [-0.4, -0.2) is 30.0 Å². The summed E-state index contributed by atoms with van der Waals surface area (Å²) in [5.74, 6) is 0.432. The van der Waals surface area contributed by atoms with Crippen molar-refractivity contribution in [1.82, 2.24) is 4.98 Å². The van der Waals surface area contributed by atoms with Crippen LogP contribution < -0.4 is 14.8 Å². The first-order valence-corrected chi connectivity index (χ1v) is 9.68. The first-order valence-electron chi connectivity index (χ1n) is 9.68. The Morgan fingerprint density at radius 2 is 1.66 bits per heavy atom. The number of nitrogens with one attached hydrogen (secondary N) is 1. The van der Waals surface area contributed by atoms with E-state index in [9.17, 15) is 14.9 Å². The highest BCUT2D eigenvalue weighted by atomic mass is 16.6. The number of para-hydroxylation sites is 2. The molecule has 0 aliphatic heterocycles. The molecule has 0 spiro atoms. The van der Waals surface area contributed by atoms with Crippen LogP contribution in [0.2, 0.25) is 0 Å². The van der Waals surface area contributed by atoms with E-state index >= 15 is 0 Å². The number of fused-ring (bicyclic) bond motifs is 1. The Kier molecular flexibility index (Phi) is 5.67.